The number of halogens is 1. The summed E-state index contributed by atoms with van der Waals surface area (Å²) in [6, 6.07) is 4.09. The predicted octanol–water partition coefficient (Wildman–Crippen LogP) is 3.41. The van der Waals surface area contributed by atoms with Crippen molar-refractivity contribution in [1.82, 2.24) is 14.8 Å². The van der Waals surface area contributed by atoms with Gasteiger partial charge in [-0.15, -0.1) is 33.1 Å². The van der Waals surface area contributed by atoms with Gasteiger partial charge in [0.05, 0.1) is 9.75 Å². The van der Waals surface area contributed by atoms with E-state index >= 15 is 0 Å². The van der Waals surface area contributed by atoms with Crippen molar-refractivity contribution in [3.63, 3.8) is 0 Å². The van der Waals surface area contributed by atoms with Crippen molar-refractivity contribution in [3.05, 3.63) is 17.5 Å². The van der Waals surface area contributed by atoms with E-state index in [1.54, 1.807) is 23.1 Å². The largest absolute Gasteiger partial charge is 0.304 e. The van der Waals surface area contributed by atoms with E-state index in [0.29, 0.717) is 0 Å². The topological polar surface area (TPSA) is 30.7 Å². The third-order valence-electron chi connectivity index (χ3n) is 2.83. The second-order valence-corrected chi connectivity index (χ2v) is 6.97. The highest BCUT2D eigenvalue weighted by atomic mass is 35.5. The van der Waals surface area contributed by atoms with Gasteiger partial charge in [-0.2, -0.15) is 0 Å². The number of thiophene rings is 1. The van der Waals surface area contributed by atoms with Gasteiger partial charge in [0, 0.05) is 12.8 Å². The zero-order valence-corrected chi connectivity index (χ0v) is 11.8. The molecule has 0 atom stereocenters. The van der Waals surface area contributed by atoms with Gasteiger partial charge in [-0.25, -0.2) is 0 Å². The molecule has 0 unspecified atom stereocenters. The zero-order chi connectivity index (χ0) is 11.9. The van der Waals surface area contributed by atoms with Crippen LogP contribution in [-0.4, -0.2) is 25.4 Å². The third kappa shape index (κ3) is 2.37. The van der Waals surface area contributed by atoms with Gasteiger partial charge in [-0.3, -0.25) is 0 Å². The molecule has 0 radical (unpaired) electrons. The molecule has 90 valence electrons. The zero-order valence-electron chi connectivity index (χ0n) is 9.39. The first-order valence-electron chi connectivity index (χ1n) is 5.43. The number of rotatable bonds is 4. The van der Waals surface area contributed by atoms with Crippen LogP contribution in [0.15, 0.2) is 22.7 Å². The fourth-order valence-corrected chi connectivity index (χ4v) is 3.59. The van der Waals surface area contributed by atoms with Crippen LogP contribution in [0.3, 0.4) is 0 Å². The van der Waals surface area contributed by atoms with Crippen LogP contribution in [0.1, 0.15) is 12.8 Å². The minimum Gasteiger partial charge on any atom is -0.304 e. The molecule has 6 heteroatoms. The third-order valence-corrected chi connectivity index (χ3v) is 5.68. The lowest BCUT2D eigenvalue weighted by atomic mass is 10.4. The van der Waals surface area contributed by atoms with Gasteiger partial charge in [0.2, 0.25) is 0 Å². The summed E-state index contributed by atoms with van der Waals surface area (Å²) < 4.78 is 2.04. The summed E-state index contributed by atoms with van der Waals surface area (Å²) in [5.74, 6) is 1.85. The lowest BCUT2D eigenvalue weighted by Crippen LogP contribution is -2.03. The van der Waals surface area contributed by atoms with Crippen LogP contribution >= 0.6 is 34.7 Å². The van der Waals surface area contributed by atoms with Crippen LogP contribution in [0.25, 0.3) is 10.7 Å². The summed E-state index contributed by atoms with van der Waals surface area (Å²) >= 11 is 9.65. The minimum absolute atomic E-state index is 0.0275. The fraction of sp³-hybridized carbons (Fsp3) is 0.455. The molecule has 1 aliphatic rings. The van der Waals surface area contributed by atoms with Gasteiger partial charge in [0.15, 0.2) is 11.0 Å². The van der Waals surface area contributed by atoms with Crippen molar-refractivity contribution in [2.24, 2.45) is 7.05 Å². The van der Waals surface area contributed by atoms with Crippen LogP contribution < -0.4 is 0 Å². The van der Waals surface area contributed by atoms with E-state index in [1.807, 2.05) is 17.7 Å². The number of aromatic nitrogens is 3. The first kappa shape index (κ1) is 11.6. The van der Waals surface area contributed by atoms with E-state index in [9.17, 15) is 0 Å². The Morgan fingerprint density at radius 1 is 1.53 bits per heavy atom. The van der Waals surface area contributed by atoms with E-state index in [-0.39, 0.29) is 4.87 Å². The number of alkyl halides is 1. The monoisotopic (exact) mass is 285 g/mol. The van der Waals surface area contributed by atoms with E-state index in [0.717, 1.165) is 34.5 Å². The van der Waals surface area contributed by atoms with E-state index in [2.05, 4.69) is 21.6 Å². The molecule has 0 spiro atoms. The first-order chi connectivity index (χ1) is 8.18. The highest BCUT2D eigenvalue weighted by Crippen LogP contribution is 2.46. The minimum atomic E-state index is 0.0275. The summed E-state index contributed by atoms with van der Waals surface area (Å²) in [7, 11) is 2.01. The van der Waals surface area contributed by atoms with Crippen molar-refractivity contribution in [3.8, 4) is 10.7 Å². The molecule has 1 aliphatic carbocycles. The van der Waals surface area contributed by atoms with E-state index in [1.165, 1.54) is 0 Å². The molecular formula is C11H12ClN3S2. The summed E-state index contributed by atoms with van der Waals surface area (Å²) in [6.07, 6.45) is 2.24. The van der Waals surface area contributed by atoms with Gasteiger partial charge in [0.1, 0.15) is 0 Å². The maximum absolute atomic E-state index is 6.28. The van der Waals surface area contributed by atoms with Crippen molar-refractivity contribution in [2.75, 3.05) is 5.75 Å². The smallest absolute Gasteiger partial charge is 0.191 e. The van der Waals surface area contributed by atoms with Crippen LogP contribution in [0.2, 0.25) is 0 Å². The molecule has 0 aromatic carbocycles. The molecule has 0 saturated heterocycles. The van der Waals surface area contributed by atoms with Gasteiger partial charge in [-0.1, -0.05) is 17.8 Å². The lowest BCUT2D eigenvalue weighted by Gasteiger charge is -2.05. The molecule has 2 aromatic heterocycles. The van der Waals surface area contributed by atoms with Crippen LogP contribution in [0.5, 0.6) is 0 Å². The standard InChI is InChI=1S/C11H12ClN3S2/c1-15-9(8-3-2-6-16-8)13-14-10(15)17-7-11(12)4-5-11/h2-3,6H,4-5,7H2,1H3. The molecule has 0 bridgehead atoms. The Morgan fingerprint density at radius 2 is 2.35 bits per heavy atom. The van der Waals surface area contributed by atoms with Crippen LogP contribution in [0, 0.1) is 0 Å². The Labute approximate surface area is 113 Å². The van der Waals surface area contributed by atoms with Crippen molar-refractivity contribution in [1.29, 1.82) is 0 Å². The average molecular weight is 286 g/mol. The summed E-state index contributed by atoms with van der Waals surface area (Å²) in [5, 5.41) is 11.5. The summed E-state index contributed by atoms with van der Waals surface area (Å²) in [6.45, 7) is 0. The highest BCUT2D eigenvalue weighted by Gasteiger charge is 2.40. The molecule has 0 aliphatic heterocycles. The summed E-state index contributed by atoms with van der Waals surface area (Å²) in [4.78, 5) is 1.18. The maximum atomic E-state index is 6.28. The average Bonchev–Trinajstić information content (AvgIpc) is 2.76. The highest BCUT2D eigenvalue weighted by molar-refractivity contribution is 7.99. The van der Waals surface area contributed by atoms with E-state index in [4.69, 9.17) is 11.6 Å². The molecule has 3 nitrogen and oxygen atoms in total. The molecule has 0 amide bonds. The predicted molar refractivity (Wildman–Crippen MR) is 72.9 cm³/mol. The number of nitrogens with zero attached hydrogens (tertiary/aromatic N) is 3. The molecule has 2 heterocycles. The van der Waals surface area contributed by atoms with Crippen molar-refractivity contribution < 1.29 is 0 Å². The van der Waals surface area contributed by atoms with Crippen molar-refractivity contribution in [2.45, 2.75) is 22.9 Å². The second-order valence-electron chi connectivity index (χ2n) is 4.28. The van der Waals surface area contributed by atoms with Gasteiger partial charge in [-0.05, 0) is 24.3 Å². The van der Waals surface area contributed by atoms with Gasteiger partial charge < -0.3 is 4.57 Å². The Kier molecular flexibility index (Phi) is 2.92. The second kappa shape index (κ2) is 4.30. The molecule has 17 heavy (non-hydrogen) atoms. The number of hydrogen-bond donors (Lipinski definition) is 0. The maximum Gasteiger partial charge on any atom is 0.191 e. The van der Waals surface area contributed by atoms with Crippen LogP contribution in [-0.2, 0) is 7.05 Å². The lowest BCUT2D eigenvalue weighted by molar-refractivity contribution is 0.793. The molecule has 1 saturated carbocycles. The first-order valence-corrected chi connectivity index (χ1v) is 7.67. The fourth-order valence-electron chi connectivity index (χ4n) is 1.53. The molecular weight excluding hydrogens is 274 g/mol. The van der Waals surface area contributed by atoms with Gasteiger partial charge >= 0.3 is 0 Å². The number of hydrogen-bond acceptors (Lipinski definition) is 4. The Bertz CT molecular complexity index is 517. The number of thioether (sulfide) groups is 1. The molecule has 3 rings (SSSR count). The summed E-state index contributed by atoms with van der Waals surface area (Å²) in [5.41, 5.74) is 0. The van der Waals surface area contributed by atoms with Gasteiger partial charge in [0.25, 0.3) is 0 Å². The Morgan fingerprint density at radius 3 is 3.00 bits per heavy atom. The Balaban J connectivity index is 1.78. The van der Waals surface area contributed by atoms with E-state index < -0.39 is 0 Å². The van der Waals surface area contributed by atoms with Crippen LogP contribution in [0.4, 0.5) is 0 Å². The molecule has 2 aromatic rings. The Hall–Kier alpha value is -0.520. The molecule has 0 N–H and O–H groups in total. The van der Waals surface area contributed by atoms with Crippen molar-refractivity contribution >= 4 is 34.7 Å². The molecule has 1 fully saturated rings. The SMILES string of the molecule is Cn1c(SCC2(Cl)CC2)nnc1-c1cccs1. The normalized spacial score (nSPS) is 17.3. The quantitative estimate of drug-likeness (QED) is 0.637.